The fourth-order valence-corrected chi connectivity index (χ4v) is 2.45. The molecule has 2 aromatic rings. The van der Waals surface area contributed by atoms with Crippen LogP contribution in [0.15, 0.2) is 33.9 Å². The first-order chi connectivity index (χ1) is 10.1. The molecule has 0 bridgehead atoms. The summed E-state index contributed by atoms with van der Waals surface area (Å²) in [6, 6.07) is 6.49. The second-order valence-corrected chi connectivity index (χ2v) is 5.55. The van der Waals surface area contributed by atoms with Gasteiger partial charge in [0.15, 0.2) is 0 Å². The van der Waals surface area contributed by atoms with Gasteiger partial charge in [-0.05, 0) is 38.5 Å². The molecule has 0 aliphatic rings. The normalized spacial score (nSPS) is 10.6. The van der Waals surface area contributed by atoms with E-state index in [4.69, 9.17) is 14.3 Å². The van der Waals surface area contributed by atoms with E-state index in [1.807, 2.05) is 13.8 Å². The van der Waals surface area contributed by atoms with Crippen LogP contribution in [0.2, 0.25) is 0 Å². The van der Waals surface area contributed by atoms with Crippen LogP contribution < -0.4 is 4.74 Å². The number of carbonyl (C=O) groups is 1. The first-order valence-electron chi connectivity index (χ1n) is 6.59. The van der Waals surface area contributed by atoms with E-state index in [-0.39, 0.29) is 5.56 Å². The zero-order chi connectivity index (χ0) is 15.2. The lowest BCUT2D eigenvalue weighted by molar-refractivity contribution is 0.0696. The summed E-state index contributed by atoms with van der Waals surface area (Å²) >= 11 is 1.55. The van der Waals surface area contributed by atoms with Crippen molar-refractivity contribution in [3.63, 3.8) is 0 Å². The molecule has 5 nitrogen and oxygen atoms in total. The Labute approximate surface area is 127 Å². The van der Waals surface area contributed by atoms with Crippen LogP contribution in [0.4, 0.5) is 0 Å². The Morgan fingerprint density at radius 1 is 1.43 bits per heavy atom. The number of aromatic nitrogens is 1. The van der Waals surface area contributed by atoms with Gasteiger partial charge in [-0.15, -0.1) is 0 Å². The summed E-state index contributed by atoms with van der Waals surface area (Å²) in [4.78, 5) is 15.1. The van der Waals surface area contributed by atoms with E-state index in [1.54, 1.807) is 23.9 Å². The number of benzene rings is 1. The highest BCUT2D eigenvalue weighted by atomic mass is 32.2. The topological polar surface area (TPSA) is 72.6 Å². The van der Waals surface area contributed by atoms with Crippen molar-refractivity contribution in [2.24, 2.45) is 0 Å². The van der Waals surface area contributed by atoms with Crippen molar-refractivity contribution in [1.82, 2.24) is 4.98 Å². The maximum absolute atomic E-state index is 10.8. The van der Waals surface area contributed by atoms with Crippen LogP contribution in [0.3, 0.4) is 0 Å². The smallest absolute Gasteiger partial charge is 0.335 e. The van der Waals surface area contributed by atoms with Crippen LogP contribution in [0.5, 0.6) is 5.75 Å². The molecular weight excluding hydrogens is 290 g/mol. The van der Waals surface area contributed by atoms with Gasteiger partial charge < -0.3 is 14.3 Å². The number of thioether (sulfide) groups is 1. The van der Waals surface area contributed by atoms with Gasteiger partial charge in [0.25, 0.3) is 5.22 Å². The molecule has 0 fully saturated rings. The van der Waals surface area contributed by atoms with Crippen LogP contribution in [-0.2, 0) is 0 Å². The van der Waals surface area contributed by atoms with E-state index in [9.17, 15) is 4.79 Å². The van der Waals surface area contributed by atoms with E-state index >= 15 is 0 Å². The lowest BCUT2D eigenvalue weighted by atomic mass is 10.2. The molecule has 0 saturated heterocycles. The van der Waals surface area contributed by atoms with E-state index < -0.39 is 5.97 Å². The third-order valence-corrected chi connectivity index (χ3v) is 3.79. The van der Waals surface area contributed by atoms with Gasteiger partial charge >= 0.3 is 5.97 Å². The van der Waals surface area contributed by atoms with Crippen LogP contribution >= 0.6 is 11.8 Å². The SMILES string of the molecule is Cc1nc(SCCCOc2cccc(C(=O)O)c2)oc1C. The molecule has 6 heteroatoms. The molecule has 21 heavy (non-hydrogen) atoms. The zero-order valence-electron chi connectivity index (χ0n) is 12.0. The first-order valence-corrected chi connectivity index (χ1v) is 7.58. The van der Waals surface area contributed by atoms with E-state index in [0.29, 0.717) is 17.6 Å². The van der Waals surface area contributed by atoms with Crippen LogP contribution in [0.25, 0.3) is 0 Å². The summed E-state index contributed by atoms with van der Waals surface area (Å²) in [7, 11) is 0. The lowest BCUT2D eigenvalue weighted by Crippen LogP contribution is -2.01. The highest BCUT2D eigenvalue weighted by Gasteiger charge is 2.06. The Morgan fingerprint density at radius 3 is 2.90 bits per heavy atom. The third-order valence-electron chi connectivity index (χ3n) is 2.87. The lowest BCUT2D eigenvalue weighted by Gasteiger charge is -2.06. The fraction of sp³-hybridized carbons (Fsp3) is 0.333. The number of aromatic carboxylic acids is 1. The molecular formula is C15H17NO4S. The van der Waals surface area contributed by atoms with Crippen molar-refractivity contribution in [2.75, 3.05) is 12.4 Å². The van der Waals surface area contributed by atoms with Crippen molar-refractivity contribution in [1.29, 1.82) is 0 Å². The highest BCUT2D eigenvalue weighted by molar-refractivity contribution is 7.99. The Bertz CT molecular complexity index is 604. The first kappa shape index (κ1) is 15.4. The molecule has 0 amide bonds. The number of ether oxygens (including phenoxy) is 1. The summed E-state index contributed by atoms with van der Waals surface area (Å²) in [5.41, 5.74) is 1.15. The van der Waals surface area contributed by atoms with Gasteiger partial charge in [0, 0.05) is 5.75 Å². The molecule has 0 spiro atoms. The molecule has 2 rings (SSSR count). The van der Waals surface area contributed by atoms with Gasteiger partial charge in [0.1, 0.15) is 11.5 Å². The van der Waals surface area contributed by atoms with E-state index in [2.05, 4.69) is 4.98 Å². The minimum atomic E-state index is -0.953. The van der Waals surface area contributed by atoms with Crippen molar-refractivity contribution in [3.8, 4) is 5.75 Å². The van der Waals surface area contributed by atoms with Crippen molar-refractivity contribution in [2.45, 2.75) is 25.5 Å². The van der Waals surface area contributed by atoms with Gasteiger partial charge in [0.2, 0.25) is 0 Å². The quantitative estimate of drug-likeness (QED) is 0.623. The summed E-state index contributed by atoms with van der Waals surface area (Å²) in [5.74, 6) is 1.30. The minimum absolute atomic E-state index is 0.229. The Morgan fingerprint density at radius 2 is 2.24 bits per heavy atom. The predicted molar refractivity (Wildman–Crippen MR) is 80.2 cm³/mol. The molecule has 1 N–H and O–H groups in total. The molecule has 0 atom stereocenters. The predicted octanol–water partition coefficient (Wildman–Crippen LogP) is 3.55. The Balaban J connectivity index is 1.72. The van der Waals surface area contributed by atoms with Crippen molar-refractivity contribution in [3.05, 3.63) is 41.3 Å². The van der Waals surface area contributed by atoms with Gasteiger partial charge in [-0.3, -0.25) is 0 Å². The number of carboxylic acid groups (broad SMARTS) is 1. The van der Waals surface area contributed by atoms with Crippen molar-refractivity contribution >= 4 is 17.7 Å². The number of nitrogens with zero attached hydrogens (tertiary/aromatic N) is 1. The summed E-state index contributed by atoms with van der Waals surface area (Å²) in [5, 5.41) is 9.57. The summed E-state index contributed by atoms with van der Waals surface area (Å²) < 4.78 is 11.0. The molecule has 0 aliphatic carbocycles. The molecule has 1 aromatic heterocycles. The number of oxazole rings is 1. The summed E-state index contributed by atoms with van der Waals surface area (Å²) in [6.07, 6.45) is 0.822. The maximum atomic E-state index is 10.8. The van der Waals surface area contributed by atoms with Gasteiger partial charge in [-0.1, -0.05) is 17.8 Å². The summed E-state index contributed by atoms with van der Waals surface area (Å²) in [6.45, 7) is 4.33. The number of rotatable bonds is 7. The molecule has 0 radical (unpaired) electrons. The molecule has 0 aliphatic heterocycles. The number of hydrogen-bond donors (Lipinski definition) is 1. The highest BCUT2D eigenvalue weighted by Crippen LogP contribution is 2.21. The largest absolute Gasteiger partial charge is 0.494 e. The molecule has 0 unspecified atom stereocenters. The van der Waals surface area contributed by atoms with E-state index in [0.717, 1.165) is 23.6 Å². The van der Waals surface area contributed by atoms with Crippen LogP contribution in [0.1, 0.15) is 28.2 Å². The van der Waals surface area contributed by atoms with Crippen molar-refractivity contribution < 1.29 is 19.1 Å². The second kappa shape index (κ2) is 7.17. The fourth-order valence-electron chi connectivity index (χ4n) is 1.63. The Kier molecular flexibility index (Phi) is 5.27. The monoisotopic (exact) mass is 307 g/mol. The molecule has 1 heterocycles. The van der Waals surface area contributed by atoms with E-state index in [1.165, 1.54) is 12.1 Å². The van der Waals surface area contributed by atoms with Crippen LogP contribution in [-0.4, -0.2) is 28.4 Å². The third kappa shape index (κ3) is 4.53. The number of hydrogen-bond acceptors (Lipinski definition) is 5. The molecule has 112 valence electrons. The number of aryl methyl sites for hydroxylation is 2. The van der Waals surface area contributed by atoms with Gasteiger partial charge in [-0.2, -0.15) is 0 Å². The molecule has 0 saturated carbocycles. The number of carboxylic acids is 1. The van der Waals surface area contributed by atoms with Crippen LogP contribution in [0, 0.1) is 13.8 Å². The van der Waals surface area contributed by atoms with Gasteiger partial charge in [-0.25, -0.2) is 9.78 Å². The average Bonchev–Trinajstić information content (AvgIpc) is 2.77. The minimum Gasteiger partial charge on any atom is -0.494 e. The maximum Gasteiger partial charge on any atom is 0.335 e. The standard InChI is InChI=1S/C15H17NO4S/c1-10-11(2)20-15(16-10)21-8-4-7-19-13-6-3-5-12(9-13)14(17)18/h3,5-6,9H,4,7-8H2,1-2H3,(H,17,18). The zero-order valence-corrected chi connectivity index (χ0v) is 12.8. The molecule has 1 aromatic carbocycles. The van der Waals surface area contributed by atoms with Gasteiger partial charge in [0.05, 0.1) is 17.9 Å². The Hall–Kier alpha value is -1.95. The second-order valence-electron chi connectivity index (χ2n) is 4.50. The average molecular weight is 307 g/mol.